The number of H-pyrrole nitrogens is 1. The number of aromatic amines is 1. The Labute approximate surface area is 78.2 Å². The maximum atomic E-state index is 4.22. The zero-order valence-electron chi connectivity index (χ0n) is 6.06. The van der Waals surface area contributed by atoms with Gasteiger partial charge >= 0.3 is 0 Å². The summed E-state index contributed by atoms with van der Waals surface area (Å²) in [5, 5.41) is 0. The highest BCUT2D eigenvalue weighted by Crippen LogP contribution is 2.20. The lowest BCUT2D eigenvalue weighted by molar-refractivity contribution is 1.34. The topological polar surface area (TPSA) is 28.7 Å². The molecule has 0 aliphatic carbocycles. The number of hydrogen-bond donors (Lipinski definition) is 1. The average Bonchev–Trinajstić information content (AvgIpc) is 2.45. The quantitative estimate of drug-likeness (QED) is 0.722. The molecule has 1 aromatic carbocycles. The zero-order valence-corrected chi connectivity index (χ0v) is 8.21. The summed E-state index contributed by atoms with van der Waals surface area (Å²) in [6, 6.07) is 4.15. The van der Waals surface area contributed by atoms with Crippen LogP contribution in [-0.2, 0) is 0 Å². The van der Waals surface area contributed by atoms with E-state index >= 15 is 0 Å². The molecule has 0 fully saturated rings. The Hall–Kier alpha value is -0.580. The summed E-state index contributed by atoms with van der Waals surface area (Å²) < 4.78 is 1.24. The standard InChI is InChI=1S/C8H7IN2/c1-5-2-3-6-8(7(5)9)11-4-10-6/h2-4H,1H3,(H,10,11). The fraction of sp³-hybridized carbons (Fsp3) is 0.125. The van der Waals surface area contributed by atoms with Gasteiger partial charge in [-0.15, -0.1) is 0 Å². The van der Waals surface area contributed by atoms with Gasteiger partial charge in [-0.05, 0) is 41.1 Å². The van der Waals surface area contributed by atoms with Crippen molar-refractivity contribution in [1.82, 2.24) is 9.97 Å². The van der Waals surface area contributed by atoms with Gasteiger partial charge in [-0.1, -0.05) is 6.07 Å². The van der Waals surface area contributed by atoms with Crippen LogP contribution in [0.4, 0.5) is 0 Å². The monoisotopic (exact) mass is 258 g/mol. The number of halogens is 1. The zero-order chi connectivity index (χ0) is 7.84. The molecule has 0 atom stereocenters. The normalized spacial score (nSPS) is 10.7. The third kappa shape index (κ3) is 1.03. The van der Waals surface area contributed by atoms with Crippen molar-refractivity contribution in [2.45, 2.75) is 6.92 Å². The molecule has 0 bridgehead atoms. The molecule has 0 saturated heterocycles. The molecule has 1 aromatic heterocycles. The van der Waals surface area contributed by atoms with Gasteiger partial charge in [-0.2, -0.15) is 0 Å². The molecule has 0 saturated carbocycles. The first-order chi connectivity index (χ1) is 5.29. The van der Waals surface area contributed by atoms with E-state index in [-0.39, 0.29) is 0 Å². The van der Waals surface area contributed by atoms with Crippen LogP contribution in [0, 0.1) is 10.5 Å². The van der Waals surface area contributed by atoms with Crippen molar-refractivity contribution in [2.75, 3.05) is 0 Å². The number of aryl methyl sites for hydroxylation is 1. The van der Waals surface area contributed by atoms with Crippen molar-refractivity contribution in [3.8, 4) is 0 Å². The van der Waals surface area contributed by atoms with Gasteiger partial charge in [0.2, 0.25) is 0 Å². The lowest BCUT2D eigenvalue weighted by atomic mass is 10.2. The Kier molecular flexibility index (Phi) is 1.60. The first-order valence-electron chi connectivity index (χ1n) is 3.37. The molecule has 0 amide bonds. The van der Waals surface area contributed by atoms with Gasteiger partial charge < -0.3 is 4.98 Å². The fourth-order valence-electron chi connectivity index (χ4n) is 1.07. The molecule has 56 valence electrons. The van der Waals surface area contributed by atoms with Gasteiger partial charge in [0, 0.05) is 3.57 Å². The van der Waals surface area contributed by atoms with Gasteiger partial charge in [-0.3, -0.25) is 0 Å². The van der Waals surface area contributed by atoms with Gasteiger partial charge in [0.25, 0.3) is 0 Å². The lowest BCUT2D eigenvalue weighted by Gasteiger charge is -1.96. The molecule has 2 rings (SSSR count). The molecule has 0 aliphatic rings. The van der Waals surface area contributed by atoms with Crippen LogP contribution < -0.4 is 0 Å². The van der Waals surface area contributed by atoms with E-state index in [4.69, 9.17) is 0 Å². The Morgan fingerprint density at radius 3 is 3.09 bits per heavy atom. The van der Waals surface area contributed by atoms with Gasteiger partial charge in [-0.25, -0.2) is 4.98 Å². The molecule has 3 heteroatoms. The second-order valence-corrected chi connectivity index (χ2v) is 3.57. The molecule has 0 spiro atoms. The maximum Gasteiger partial charge on any atom is 0.102 e. The summed E-state index contributed by atoms with van der Waals surface area (Å²) in [6.07, 6.45) is 1.73. The fourth-order valence-corrected chi connectivity index (χ4v) is 1.68. The summed E-state index contributed by atoms with van der Waals surface area (Å²) in [6.45, 7) is 2.09. The van der Waals surface area contributed by atoms with Crippen molar-refractivity contribution in [1.29, 1.82) is 0 Å². The Morgan fingerprint density at radius 2 is 2.27 bits per heavy atom. The number of aromatic nitrogens is 2. The number of nitrogens with one attached hydrogen (secondary N) is 1. The first-order valence-corrected chi connectivity index (χ1v) is 4.45. The second-order valence-electron chi connectivity index (χ2n) is 2.50. The molecule has 2 aromatic rings. The van der Waals surface area contributed by atoms with Crippen LogP contribution in [0.15, 0.2) is 18.5 Å². The predicted octanol–water partition coefficient (Wildman–Crippen LogP) is 2.48. The summed E-state index contributed by atoms with van der Waals surface area (Å²) in [4.78, 5) is 7.29. The van der Waals surface area contributed by atoms with Crippen molar-refractivity contribution in [3.63, 3.8) is 0 Å². The maximum absolute atomic E-state index is 4.22. The van der Waals surface area contributed by atoms with Crippen LogP contribution in [-0.4, -0.2) is 9.97 Å². The molecule has 0 radical (unpaired) electrons. The molecule has 2 nitrogen and oxygen atoms in total. The van der Waals surface area contributed by atoms with E-state index in [9.17, 15) is 0 Å². The molecule has 0 aliphatic heterocycles. The molecular formula is C8H7IN2. The van der Waals surface area contributed by atoms with Crippen molar-refractivity contribution < 1.29 is 0 Å². The molecule has 1 heterocycles. The van der Waals surface area contributed by atoms with Crippen LogP contribution >= 0.6 is 22.6 Å². The van der Waals surface area contributed by atoms with E-state index in [1.807, 2.05) is 0 Å². The Bertz CT molecular complexity index is 392. The number of hydrogen-bond acceptors (Lipinski definition) is 1. The lowest BCUT2D eigenvalue weighted by Crippen LogP contribution is -1.81. The number of imidazole rings is 1. The van der Waals surface area contributed by atoms with Crippen LogP contribution in [0.1, 0.15) is 5.56 Å². The van der Waals surface area contributed by atoms with E-state index < -0.39 is 0 Å². The molecule has 0 unspecified atom stereocenters. The largest absolute Gasteiger partial charge is 0.345 e. The van der Waals surface area contributed by atoms with Gasteiger partial charge in [0.1, 0.15) is 5.52 Å². The molecular weight excluding hydrogens is 251 g/mol. The molecule has 11 heavy (non-hydrogen) atoms. The highest BCUT2D eigenvalue weighted by Gasteiger charge is 2.01. The third-order valence-electron chi connectivity index (χ3n) is 1.72. The van der Waals surface area contributed by atoms with E-state index in [0.29, 0.717) is 0 Å². The van der Waals surface area contributed by atoms with E-state index in [2.05, 4.69) is 51.6 Å². The van der Waals surface area contributed by atoms with Crippen molar-refractivity contribution >= 4 is 33.6 Å². The van der Waals surface area contributed by atoms with Crippen LogP contribution in [0.25, 0.3) is 11.0 Å². The van der Waals surface area contributed by atoms with E-state index in [0.717, 1.165) is 11.0 Å². The van der Waals surface area contributed by atoms with Crippen LogP contribution in [0.5, 0.6) is 0 Å². The SMILES string of the molecule is Cc1ccc2[nH]cnc2c1I. The Morgan fingerprint density at radius 1 is 1.45 bits per heavy atom. The summed E-state index contributed by atoms with van der Waals surface area (Å²) in [7, 11) is 0. The predicted molar refractivity (Wildman–Crippen MR) is 53.5 cm³/mol. The number of fused-ring (bicyclic) bond motifs is 1. The average molecular weight is 258 g/mol. The van der Waals surface area contributed by atoms with E-state index in [1.54, 1.807) is 6.33 Å². The van der Waals surface area contributed by atoms with Crippen LogP contribution in [0.2, 0.25) is 0 Å². The number of rotatable bonds is 0. The van der Waals surface area contributed by atoms with Crippen LogP contribution in [0.3, 0.4) is 0 Å². The highest BCUT2D eigenvalue weighted by atomic mass is 127. The minimum absolute atomic E-state index is 1.07. The van der Waals surface area contributed by atoms with Crippen molar-refractivity contribution in [3.05, 3.63) is 27.6 Å². The highest BCUT2D eigenvalue weighted by molar-refractivity contribution is 14.1. The van der Waals surface area contributed by atoms with E-state index in [1.165, 1.54) is 9.13 Å². The van der Waals surface area contributed by atoms with Gasteiger partial charge in [0.05, 0.1) is 11.8 Å². The smallest absolute Gasteiger partial charge is 0.102 e. The Balaban J connectivity index is 2.93. The second kappa shape index (κ2) is 2.48. The summed E-state index contributed by atoms with van der Waals surface area (Å²) in [5.41, 5.74) is 3.47. The third-order valence-corrected chi connectivity index (χ3v) is 3.08. The minimum Gasteiger partial charge on any atom is -0.345 e. The summed E-state index contributed by atoms with van der Waals surface area (Å²) >= 11 is 2.32. The van der Waals surface area contributed by atoms with Crippen molar-refractivity contribution in [2.24, 2.45) is 0 Å². The number of benzene rings is 1. The number of nitrogens with zero attached hydrogens (tertiary/aromatic N) is 1. The minimum atomic E-state index is 1.07. The first kappa shape index (κ1) is 7.09. The van der Waals surface area contributed by atoms with Gasteiger partial charge in [0.15, 0.2) is 0 Å². The summed E-state index contributed by atoms with van der Waals surface area (Å²) in [5.74, 6) is 0. The molecule has 1 N–H and O–H groups in total.